The topological polar surface area (TPSA) is 54.4 Å². The summed E-state index contributed by atoms with van der Waals surface area (Å²) in [5.74, 6) is 2.11. The van der Waals surface area contributed by atoms with E-state index in [4.69, 9.17) is 5.11 Å². The summed E-state index contributed by atoms with van der Waals surface area (Å²) in [6.45, 7) is 2.05. The smallest absolute Gasteiger partial charge is 0.303 e. The molecule has 5 aliphatic carbocycles. The number of carboxylic acids is 1. The molecule has 3 heteroatoms. The molecule has 0 saturated heterocycles. The Kier molecular flexibility index (Phi) is 2.71. The van der Waals surface area contributed by atoms with Crippen molar-refractivity contribution < 1.29 is 14.7 Å². The summed E-state index contributed by atoms with van der Waals surface area (Å²) >= 11 is 0. The second-order valence-corrected chi connectivity index (χ2v) is 8.33. The van der Waals surface area contributed by atoms with Crippen LogP contribution in [0.4, 0.5) is 0 Å². The van der Waals surface area contributed by atoms with Gasteiger partial charge in [0.1, 0.15) is 0 Å². The van der Waals surface area contributed by atoms with E-state index in [9.17, 15) is 9.59 Å². The SMILES string of the molecule is C[C@]1(CCC(=O)O)C(=O)C=CC23CC4CC(CC(C4)[C@@H]21)C3. The van der Waals surface area contributed by atoms with E-state index in [1.165, 1.54) is 32.1 Å². The zero-order valence-electron chi connectivity index (χ0n) is 12.7. The quantitative estimate of drug-likeness (QED) is 0.865. The molecule has 0 radical (unpaired) electrons. The van der Waals surface area contributed by atoms with E-state index in [2.05, 4.69) is 13.0 Å². The van der Waals surface area contributed by atoms with Crippen molar-refractivity contribution in [3.8, 4) is 0 Å². The molecular formula is C18H24O3. The Labute approximate surface area is 125 Å². The number of carboxylic acid groups (broad SMARTS) is 1. The van der Waals surface area contributed by atoms with Gasteiger partial charge in [-0.15, -0.1) is 0 Å². The lowest BCUT2D eigenvalue weighted by Crippen LogP contribution is -2.60. The van der Waals surface area contributed by atoms with Crippen LogP contribution in [-0.2, 0) is 9.59 Å². The van der Waals surface area contributed by atoms with Crippen LogP contribution < -0.4 is 0 Å². The molecule has 5 aliphatic rings. The van der Waals surface area contributed by atoms with E-state index in [-0.39, 0.29) is 17.6 Å². The fourth-order valence-corrected chi connectivity index (χ4v) is 6.73. The number of rotatable bonds is 3. The number of allylic oxidation sites excluding steroid dienone is 2. The van der Waals surface area contributed by atoms with Gasteiger partial charge in [-0.05, 0) is 73.7 Å². The average molecular weight is 288 g/mol. The van der Waals surface area contributed by atoms with E-state index >= 15 is 0 Å². The highest BCUT2D eigenvalue weighted by atomic mass is 16.4. The second kappa shape index (κ2) is 4.21. The monoisotopic (exact) mass is 288 g/mol. The Hall–Kier alpha value is -1.12. The summed E-state index contributed by atoms with van der Waals surface area (Å²) in [5.41, 5.74) is -0.249. The molecule has 0 aliphatic heterocycles. The van der Waals surface area contributed by atoms with E-state index in [1.54, 1.807) is 6.08 Å². The fraction of sp³-hybridized carbons (Fsp3) is 0.778. The molecule has 1 spiro atoms. The number of hydrogen-bond donors (Lipinski definition) is 1. The zero-order valence-corrected chi connectivity index (χ0v) is 12.7. The Morgan fingerprint density at radius 1 is 1.29 bits per heavy atom. The summed E-state index contributed by atoms with van der Waals surface area (Å²) in [5, 5.41) is 9.06. The van der Waals surface area contributed by atoms with Gasteiger partial charge < -0.3 is 5.11 Å². The minimum atomic E-state index is -0.781. The highest BCUT2D eigenvalue weighted by Gasteiger charge is 2.63. The van der Waals surface area contributed by atoms with Crippen LogP contribution >= 0.6 is 0 Å². The summed E-state index contributed by atoms with van der Waals surface area (Å²) in [6, 6.07) is 0. The zero-order chi connectivity index (χ0) is 14.8. The number of aliphatic carboxylic acids is 1. The van der Waals surface area contributed by atoms with Crippen molar-refractivity contribution in [1.82, 2.24) is 0 Å². The van der Waals surface area contributed by atoms with Crippen molar-refractivity contribution in [3.63, 3.8) is 0 Å². The summed E-state index contributed by atoms with van der Waals surface area (Å²) in [7, 11) is 0. The molecule has 1 N–H and O–H groups in total. The van der Waals surface area contributed by atoms with Gasteiger partial charge in [-0.1, -0.05) is 13.0 Å². The van der Waals surface area contributed by atoms with Gasteiger partial charge in [-0.2, -0.15) is 0 Å². The van der Waals surface area contributed by atoms with E-state index in [1.807, 2.05) is 0 Å². The summed E-state index contributed by atoms with van der Waals surface area (Å²) in [6.07, 6.45) is 11.0. The van der Waals surface area contributed by atoms with Gasteiger partial charge in [0, 0.05) is 11.8 Å². The lowest BCUT2D eigenvalue weighted by molar-refractivity contribution is -0.161. The lowest BCUT2D eigenvalue weighted by Gasteiger charge is -2.65. The van der Waals surface area contributed by atoms with Crippen LogP contribution in [0.3, 0.4) is 0 Å². The Bertz CT molecular complexity index is 521. The molecule has 0 aromatic heterocycles. The van der Waals surface area contributed by atoms with Gasteiger partial charge in [-0.3, -0.25) is 9.59 Å². The number of carbonyl (C=O) groups excluding carboxylic acids is 1. The van der Waals surface area contributed by atoms with Gasteiger partial charge >= 0.3 is 5.97 Å². The van der Waals surface area contributed by atoms with Gasteiger partial charge in [0.2, 0.25) is 0 Å². The third-order valence-electron chi connectivity index (χ3n) is 7.04. The molecule has 3 nitrogen and oxygen atoms in total. The third-order valence-corrected chi connectivity index (χ3v) is 7.04. The molecular weight excluding hydrogens is 264 g/mol. The molecule has 4 bridgehead atoms. The van der Waals surface area contributed by atoms with Crippen LogP contribution in [0.2, 0.25) is 0 Å². The van der Waals surface area contributed by atoms with Crippen LogP contribution in [0.5, 0.6) is 0 Å². The maximum absolute atomic E-state index is 12.6. The predicted octanol–water partition coefficient (Wildman–Crippen LogP) is 3.44. The van der Waals surface area contributed by atoms with Gasteiger partial charge in [0.05, 0.1) is 0 Å². The minimum Gasteiger partial charge on any atom is -0.481 e. The van der Waals surface area contributed by atoms with Crippen molar-refractivity contribution in [2.24, 2.45) is 34.5 Å². The molecule has 21 heavy (non-hydrogen) atoms. The molecule has 4 atom stereocenters. The molecule has 0 aromatic carbocycles. The summed E-state index contributed by atoms with van der Waals surface area (Å²) < 4.78 is 0. The molecule has 2 unspecified atom stereocenters. The number of ketones is 1. The maximum atomic E-state index is 12.6. The van der Waals surface area contributed by atoms with E-state index in [0.717, 1.165) is 11.8 Å². The van der Waals surface area contributed by atoms with Crippen molar-refractivity contribution in [2.45, 2.75) is 51.9 Å². The summed E-state index contributed by atoms with van der Waals surface area (Å²) in [4.78, 5) is 23.6. The van der Waals surface area contributed by atoms with E-state index in [0.29, 0.717) is 18.3 Å². The fourth-order valence-electron chi connectivity index (χ4n) is 6.73. The third kappa shape index (κ3) is 1.79. The molecule has 4 saturated carbocycles. The van der Waals surface area contributed by atoms with Crippen molar-refractivity contribution in [2.75, 3.05) is 0 Å². The molecule has 0 aromatic rings. The number of carbonyl (C=O) groups is 2. The van der Waals surface area contributed by atoms with Crippen LogP contribution in [0.15, 0.2) is 12.2 Å². The molecule has 0 heterocycles. The average Bonchev–Trinajstić information content (AvgIpc) is 2.40. The van der Waals surface area contributed by atoms with Crippen LogP contribution in [0, 0.1) is 34.5 Å². The standard InChI is InChI=1S/C18H24O3/c1-17(4-3-15(20)21)14(19)2-5-18-9-11-6-12(10-18)8-13(7-11)16(17)18/h2,5,11-13,16H,3-4,6-10H2,1H3,(H,20,21)/t11?,12?,13?,16-,17+,18?/m1/s1. The first-order chi connectivity index (χ1) is 9.93. The van der Waals surface area contributed by atoms with Gasteiger partial charge in [0.25, 0.3) is 0 Å². The predicted molar refractivity (Wildman–Crippen MR) is 78.6 cm³/mol. The minimum absolute atomic E-state index is 0.113. The van der Waals surface area contributed by atoms with Gasteiger partial charge in [-0.25, -0.2) is 0 Å². The molecule has 114 valence electrons. The first-order valence-electron chi connectivity index (χ1n) is 8.38. The van der Waals surface area contributed by atoms with Crippen molar-refractivity contribution in [1.29, 1.82) is 0 Å². The largest absolute Gasteiger partial charge is 0.481 e. The molecule has 5 rings (SSSR count). The first kappa shape index (κ1) is 13.5. The maximum Gasteiger partial charge on any atom is 0.303 e. The van der Waals surface area contributed by atoms with Crippen LogP contribution in [0.25, 0.3) is 0 Å². The van der Waals surface area contributed by atoms with Crippen LogP contribution in [-0.4, -0.2) is 16.9 Å². The number of hydrogen-bond acceptors (Lipinski definition) is 2. The van der Waals surface area contributed by atoms with Gasteiger partial charge in [0.15, 0.2) is 5.78 Å². The Morgan fingerprint density at radius 2 is 1.95 bits per heavy atom. The van der Waals surface area contributed by atoms with Crippen molar-refractivity contribution in [3.05, 3.63) is 12.2 Å². The Balaban J connectivity index is 1.74. The van der Waals surface area contributed by atoms with E-state index < -0.39 is 11.4 Å². The highest BCUT2D eigenvalue weighted by Crippen LogP contribution is 2.69. The highest BCUT2D eigenvalue weighted by molar-refractivity contribution is 5.96. The molecule has 0 amide bonds. The molecule has 4 fully saturated rings. The Morgan fingerprint density at radius 3 is 2.57 bits per heavy atom. The normalized spacial score (nSPS) is 50.2. The van der Waals surface area contributed by atoms with Crippen molar-refractivity contribution >= 4 is 11.8 Å². The lowest BCUT2D eigenvalue weighted by atomic mass is 9.38. The first-order valence-corrected chi connectivity index (χ1v) is 8.38. The van der Waals surface area contributed by atoms with Crippen LogP contribution in [0.1, 0.15) is 51.9 Å². The second-order valence-electron chi connectivity index (χ2n) is 8.33.